The summed E-state index contributed by atoms with van der Waals surface area (Å²) in [5.74, 6) is -0.467. The lowest BCUT2D eigenvalue weighted by Gasteiger charge is -2.19. The van der Waals surface area contributed by atoms with Gasteiger partial charge in [0.15, 0.2) is 17.3 Å². The van der Waals surface area contributed by atoms with E-state index in [4.69, 9.17) is 20.9 Å². The van der Waals surface area contributed by atoms with Crippen LogP contribution in [-0.2, 0) is 4.74 Å². The molecule has 0 spiro atoms. The number of benzene rings is 1. The first-order valence-corrected chi connectivity index (χ1v) is 7.13. The molecule has 0 fully saturated rings. The normalized spacial score (nSPS) is 11.0. The van der Waals surface area contributed by atoms with Crippen molar-refractivity contribution < 1.29 is 18.7 Å². The molecule has 2 rings (SSSR count). The fourth-order valence-corrected chi connectivity index (χ4v) is 1.76. The Hall–Kier alpha value is -3.03. The summed E-state index contributed by atoms with van der Waals surface area (Å²) in [4.78, 5) is 15.5. The van der Waals surface area contributed by atoms with Crippen LogP contribution in [-0.4, -0.2) is 16.7 Å². The van der Waals surface area contributed by atoms with Crippen LogP contribution >= 0.6 is 0 Å². The number of amides is 1. The second-order valence-corrected chi connectivity index (χ2v) is 5.98. The zero-order valence-electron chi connectivity index (χ0n) is 13.6. The SMILES string of the molecule is CC(C)(C)OC(=O)Nc1ccc(Oc2ccnc(N)c2N)c(F)c1. The first-order chi connectivity index (χ1) is 11.2. The molecule has 0 aliphatic carbocycles. The van der Waals surface area contributed by atoms with Gasteiger partial charge in [0.25, 0.3) is 0 Å². The number of pyridine rings is 1. The molecule has 0 unspecified atom stereocenters. The number of carbonyl (C=O) groups is 1. The van der Waals surface area contributed by atoms with Gasteiger partial charge in [-0.15, -0.1) is 0 Å². The number of nitrogens with zero attached hydrogens (tertiary/aromatic N) is 1. The summed E-state index contributed by atoms with van der Waals surface area (Å²) in [5, 5.41) is 2.44. The van der Waals surface area contributed by atoms with Crippen LogP contribution in [0.5, 0.6) is 11.5 Å². The minimum atomic E-state index is -0.682. The van der Waals surface area contributed by atoms with Crippen molar-refractivity contribution in [2.24, 2.45) is 0 Å². The minimum Gasteiger partial charge on any atom is -0.452 e. The molecule has 0 aliphatic rings. The molecule has 1 heterocycles. The van der Waals surface area contributed by atoms with Gasteiger partial charge in [-0.2, -0.15) is 0 Å². The quantitative estimate of drug-likeness (QED) is 0.791. The van der Waals surface area contributed by atoms with Crippen molar-refractivity contribution in [2.75, 3.05) is 16.8 Å². The van der Waals surface area contributed by atoms with E-state index < -0.39 is 17.5 Å². The molecule has 1 aromatic heterocycles. The van der Waals surface area contributed by atoms with Crippen LogP contribution in [0.1, 0.15) is 20.8 Å². The largest absolute Gasteiger partial charge is 0.452 e. The molecule has 2 aromatic rings. The van der Waals surface area contributed by atoms with Crippen LogP contribution < -0.4 is 21.5 Å². The number of halogens is 1. The van der Waals surface area contributed by atoms with Gasteiger partial charge in [-0.3, -0.25) is 5.32 Å². The zero-order valence-corrected chi connectivity index (χ0v) is 13.6. The van der Waals surface area contributed by atoms with Gasteiger partial charge in [0, 0.05) is 24.0 Å². The molecule has 0 saturated carbocycles. The third-order valence-corrected chi connectivity index (χ3v) is 2.78. The molecule has 0 aliphatic heterocycles. The van der Waals surface area contributed by atoms with Crippen LogP contribution in [0, 0.1) is 5.82 Å². The molecule has 0 atom stereocenters. The number of nitrogens with one attached hydrogen (secondary N) is 1. The third-order valence-electron chi connectivity index (χ3n) is 2.78. The highest BCUT2D eigenvalue weighted by atomic mass is 19.1. The summed E-state index contributed by atoms with van der Waals surface area (Å²) in [5.41, 5.74) is 11.0. The molecule has 0 radical (unpaired) electrons. The van der Waals surface area contributed by atoms with Crippen LogP contribution in [0.25, 0.3) is 0 Å². The van der Waals surface area contributed by atoms with Gasteiger partial charge in [-0.25, -0.2) is 14.2 Å². The molecule has 24 heavy (non-hydrogen) atoms. The molecule has 0 bridgehead atoms. The Bertz CT molecular complexity index is 759. The molecule has 0 saturated heterocycles. The molecule has 7 nitrogen and oxygen atoms in total. The Morgan fingerprint density at radius 1 is 1.21 bits per heavy atom. The van der Waals surface area contributed by atoms with E-state index in [2.05, 4.69) is 10.3 Å². The average Bonchev–Trinajstić information content (AvgIpc) is 2.44. The standard InChI is InChI=1S/C16H19FN4O3/c1-16(2,3)24-15(22)21-9-4-5-11(10(17)8-9)23-12-6-7-20-14(19)13(12)18/h4-8H,18H2,1-3H3,(H2,19,20)(H,21,22). The Kier molecular flexibility index (Phi) is 4.77. The monoisotopic (exact) mass is 334 g/mol. The van der Waals surface area contributed by atoms with Crippen molar-refractivity contribution in [3.05, 3.63) is 36.3 Å². The maximum absolute atomic E-state index is 14.2. The molecule has 1 amide bonds. The maximum atomic E-state index is 14.2. The lowest BCUT2D eigenvalue weighted by atomic mass is 10.2. The van der Waals surface area contributed by atoms with Crippen LogP contribution in [0.4, 0.5) is 26.4 Å². The fourth-order valence-electron chi connectivity index (χ4n) is 1.76. The molecular weight excluding hydrogens is 315 g/mol. The maximum Gasteiger partial charge on any atom is 0.412 e. The number of aromatic nitrogens is 1. The van der Waals surface area contributed by atoms with Crippen LogP contribution in [0.3, 0.4) is 0 Å². The van der Waals surface area contributed by atoms with E-state index in [1.807, 2.05) is 0 Å². The molecular formula is C16H19FN4O3. The van der Waals surface area contributed by atoms with Gasteiger partial charge in [0.2, 0.25) is 0 Å². The van der Waals surface area contributed by atoms with E-state index in [0.29, 0.717) is 0 Å². The van der Waals surface area contributed by atoms with Gasteiger partial charge in [0.1, 0.15) is 17.1 Å². The van der Waals surface area contributed by atoms with Gasteiger partial charge in [-0.1, -0.05) is 0 Å². The predicted octanol–water partition coefficient (Wildman–Crippen LogP) is 3.52. The Balaban J connectivity index is 2.12. The number of hydrogen-bond acceptors (Lipinski definition) is 6. The highest BCUT2D eigenvalue weighted by molar-refractivity contribution is 5.85. The second kappa shape index (κ2) is 6.61. The lowest BCUT2D eigenvalue weighted by molar-refractivity contribution is 0.0636. The number of ether oxygens (including phenoxy) is 2. The zero-order chi connectivity index (χ0) is 17.9. The lowest BCUT2D eigenvalue weighted by Crippen LogP contribution is -2.27. The first kappa shape index (κ1) is 17.3. The van der Waals surface area contributed by atoms with E-state index in [9.17, 15) is 9.18 Å². The van der Waals surface area contributed by atoms with Crippen molar-refractivity contribution >= 4 is 23.3 Å². The summed E-state index contributed by atoms with van der Waals surface area (Å²) in [6.45, 7) is 5.19. The van der Waals surface area contributed by atoms with Crippen molar-refractivity contribution in [1.29, 1.82) is 0 Å². The number of hydrogen-bond donors (Lipinski definition) is 3. The van der Waals surface area contributed by atoms with Gasteiger partial charge < -0.3 is 20.9 Å². The van der Waals surface area contributed by atoms with E-state index in [1.54, 1.807) is 20.8 Å². The van der Waals surface area contributed by atoms with Gasteiger partial charge in [-0.05, 0) is 32.9 Å². The number of nitrogen functional groups attached to an aromatic ring is 2. The van der Waals surface area contributed by atoms with E-state index >= 15 is 0 Å². The molecule has 128 valence electrons. The van der Waals surface area contributed by atoms with Gasteiger partial charge >= 0.3 is 6.09 Å². The highest BCUT2D eigenvalue weighted by Gasteiger charge is 2.17. The number of carbonyl (C=O) groups excluding carboxylic acids is 1. The summed E-state index contributed by atoms with van der Waals surface area (Å²) in [6, 6.07) is 5.42. The van der Waals surface area contributed by atoms with Crippen LogP contribution in [0.2, 0.25) is 0 Å². The predicted molar refractivity (Wildman–Crippen MR) is 89.4 cm³/mol. The topological polar surface area (TPSA) is 112 Å². The molecule has 8 heteroatoms. The number of nitrogens with two attached hydrogens (primary N) is 2. The van der Waals surface area contributed by atoms with E-state index in [1.165, 1.54) is 24.4 Å². The van der Waals surface area contributed by atoms with Crippen molar-refractivity contribution in [3.63, 3.8) is 0 Å². The van der Waals surface area contributed by atoms with E-state index in [0.717, 1.165) is 6.07 Å². The molecule has 1 aromatic carbocycles. The highest BCUT2D eigenvalue weighted by Crippen LogP contribution is 2.32. The summed E-state index contributed by atoms with van der Waals surface area (Å²) in [6.07, 6.45) is 0.721. The van der Waals surface area contributed by atoms with Gasteiger partial charge in [0.05, 0.1) is 0 Å². The fraction of sp³-hybridized carbons (Fsp3) is 0.250. The smallest absolute Gasteiger partial charge is 0.412 e. The average molecular weight is 334 g/mol. The summed E-state index contributed by atoms with van der Waals surface area (Å²) in [7, 11) is 0. The van der Waals surface area contributed by atoms with Crippen molar-refractivity contribution in [2.45, 2.75) is 26.4 Å². The van der Waals surface area contributed by atoms with Crippen molar-refractivity contribution in [1.82, 2.24) is 4.98 Å². The second-order valence-electron chi connectivity index (χ2n) is 5.98. The summed E-state index contributed by atoms with van der Waals surface area (Å²) >= 11 is 0. The first-order valence-electron chi connectivity index (χ1n) is 7.13. The van der Waals surface area contributed by atoms with Crippen molar-refractivity contribution in [3.8, 4) is 11.5 Å². The minimum absolute atomic E-state index is 0.0676. The summed E-state index contributed by atoms with van der Waals surface area (Å²) < 4.78 is 24.6. The Morgan fingerprint density at radius 2 is 1.92 bits per heavy atom. The Morgan fingerprint density at radius 3 is 2.54 bits per heavy atom. The van der Waals surface area contributed by atoms with Crippen LogP contribution in [0.15, 0.2) is 30.5 Å². The van der Waals surface area contributed by atoms with E-state index in [-0.39, 0.29) is 28.7 Å². The molecule has 5 N–H and O–H groups in total. The number of anilines is 3. The Labute approximate surface area is 138 Å². The number of rotatable bonds is 3. The third kappa shape index (κ3) is 4.48.